The molecule has 1 unspecified atom stereocenters. The number of hydrogen-bond donors (Lipinski definition) is 2. The second-order valence-corrected chi connectivity index (χ2v) is 5.81. The van der Waals surface area contributed by atoms with E-state index in [0.717, 1.165) is 41.8 Å². The van der Waals surface area contributed by atoms with Gasteiger partial charge in [-0.15, -0.1) is 0 Å². The average molecular weight is 326 g/mol. The van der Waals surface area contributed by atoms with Crippen LogP contribution < -0.4 is 16.0 Å². The lowest BCUT2D eigenvalue weighted by atomic mass is 10.1. The van der Waals surface area contributed by atoms with Crippen LogP contribution in [0.1, 0.15) is 13.3 Å². The van der Waals surface area contributed by atoms with Gasteiger partial charge in [-0.3, -0.25) is 0 Å². The van der Waals surface area contributed by atoms with Gasteiger partial charge in [0, 0.05) is 36.8 Å². The Balaban J connectivity index is 1.80. The molecule has 24 heavy (non-hydrogen) atoms. The predicted octanol–water partition coefficient (Wildman–Crippen LogP) is 2.90. The van der Waals surface area contributed by atoms with Gasteiger partial charge in [0.05, 0.1) is 6.54 Å². The minimum atomic E-state index is -0.718. The summed E-state index contributed by atoms with van der Waals surface area (Å²) in [6.45, 7) is 4.23. The third-order valence-corrected chi connectivity index (χ3v) is 4.13. The number of ether oxygens (including phenoxy) is 1. The fourth-order valence-corrected chi connectivity index (χ4v) is 3.00. The smallest absolute Gasteiger partial charge is 0.404 e. The zero-order valence-corrected chi connectivity index (χ0v) is 13.7. The monoisotopic (exact) mass is 326 g/mol. The van der Waals surface area contributed by atoms with Crippen molar-refractivity contribution in [3.63, 3.8) is 0 Å². The second-order valence-electron chi connectivity index (χ2n) is 5.81. The van der Waals surface area contributed by atoms with Crippen molar-refractivity contribution in [3.8, 4) is 0 Å². The first-order valence-electron chi connectivity index (χ1n) is 8.12. The van der Waals surface area contributed by atoms with Gasteiger partial charge in [0.25, 0.3) is 0 Å². The quantitative estimate of drug-likeness (QED) is 0.826. The van der Waals surface area contributed by atoms with Crippen LogP contribution in [0.15, 0.2) is 42.6 Å². The molecule has 0 radical (unpaired) electrons. The lowest BCUT2D eigenvalue weighted by Gasteiger charge is -2.19. The van der Waals surface area contributed by atoms with E-state index in [2.05, 4.69) is 39.5 Å². The lowest BCUT2D eigenvalue weighted by molar-refractivity contribution is 0.117. The van der Waals surface area contributed by atoms with Crippen LogP contribution in [0, 0.1) is 0 Å². The van der Waals surface area contributed by atoms with Crippen LogP contribution in [0.5, 0.6) is 0 Å². The summed E-state index contributed by atoms with van der Waals surface area (Å²) in [5.74, 6) is 0.920. The minimum absolute atomic E-state index is 0.165. The van der Waals surface area contributed by atoms with Gasteiger partial charge in [0.15, 0.2) is 0 Å². The number of amides is 1. The number of pyridine rings is 1. The second kappa shape index (κ2) is 7.21. The molecule has 1 atom stereocenters. The number of nitrogens with one attached hydrogen (secondary N) is 1. The number of anilines is 2. The van der Waals surface area contributed by atoms with Gasteiger partial charge in [0.2, 0.25) is 0 Å². The molecule has 3 rings (SSSR count). The molecular formula is C18H22N4O2. The van der Waals surface area contributed by atoms with Gasteiger partial charge in [-0.1, -0.05) is 12.2 Å². The molecule has 126 valence electrons. The minimum Gasteiger partial charge on any atom is -0.444 e. The van der Waals surface area contributed by atoms with Crippen molar-refractivity contribution in [2.75, 3.05) is 29.9 Å². The zero-order valence-electron chi connectivity index (χ0n) is 13.7. The summed E-state index contributed by atoms with van der Waals surface area (Å²) in [5.41, 5.74) is 6.18. The number of rotatable bonds is 5. The Morgan fingerprint density at radius 3 is 3.17 bits per heavy atom. The van der Waals surface area contributed by atoms with Gasteiger partial charge in [-0.05, 0) is 36.6 Å². The molecule has 1 aromatic carbocycles. The topological polar surface area (TPSA) is 80.5 Å². The van der Waals surface area contributed by atoms with Gasteiger partial charge in [-0.25, -0.2) is 9.78 Å². The number of allylic oxidation sites excluding steroid dienone is 1. The van der Waals surface area contributed by atoms with Crippen LogP contribution in [0.25, 0.3) is 10.8 Å². The number of nitrogens with zero attached hydrogens (tertiary/aromatic N) is 2. The maximum Gasteiger partial charge on any atom is 0.404 e. The molecular weight excluding hydrogens is 304 g/mol. The molecule has 6 heteroatoms. The molecule has 0 aliphatic carbocycles. The molecule has 3 N–H and O–H groups in total. The molecule has 1 aliphatic heterocycles. The van der Waals surface area contributed by atoms with Crippen LogP contribution in [0.3, 0.4) is 0 Å². The van der Waals surface area contributed by atoms with Gasteiger partial charge >= 0.3 is 6.09 Å². The number of carbonyl (C=O) groups is 1. The fourth-order valence-electron chi connectivity index (χ4n) is 3.00. The van der Waals surface area contributed by atoms with Crippen LogP contribution in [-0.4, -0.2) is 36.8 Å². The molecule has 1 saturated heterocycles. The van der Waals surface area contributed by atoms with Crippen molar-refractivity contribution in [1.29, 1.82) is 0 Å². The van der Waals surface area contributed by atoms with Gasteiger partial charge in [0.1, 0.15) is 11.9 Å². The molecule has 1 aliphatic rings. The highest BCUT2D eigenvalue weighted by Crippen LogP contribution is 2.29. The molecule has 1 amide bonds. The number of hydrogen-bond acceptors (Lipinski definition) is 5. The molecule has 1 fully saturated rings. The summed E-state index contributed by atoms with van der Waals surface area (Å²) in [5, 5.41) is 5.58. The normalized spacial score (nSPS) is 17.5. The maximum atomic E-state index is 10.9. The van der Waals surface area contributed by atoms with Gasteiger partial charge < -0.3 is 20.7 Å². The Kier molecular flexibility index (Phi) is 4.84. The average Bonchev–Trinajstić information content (AvgIpc) is 3.02. The number of carbonyl (C=O) groups excluding carboxylic acids is 1. The zero-order chi connectivity index (χ0) is 16.9. The highest BCUT2D eigenvalue weighted by molar-refractivity contribution is 5.94. The standard InChI is InChI=1S/C18H22N4O2/c1-2-3-8-20-14-4-5-16-13(11-14)6-9-21-17(16)22-10-7-15(12-22)24-18(19)23/h2-6,9,11,15,20H,7-8,10,12H2,1H3,(H2,19,23). The third-order valence-electron chi connectivity index (χ3n) is 4.13. The van der Waals surface area contributed by atoms with E-state index in [9.17, 15) is 4.79 Å². The van der Waals surface area contributed by atoms with Crippen LogP contribution in [0.4, 0.5) is 16.3 Å². The Hall–Kier alpha value is -2.76. The highest BCUT2D eigenvalue weighted by atomic mass is 16.6. The number of fused-ring (bicyclic) bond motifs is 1. The maximum absolute atomic E-state index is 10.9. The molecule has 0 bridgehead atoms. The van der Waals surface area contributed by atoms with Crippen LogP contribution >= 0.6 is 0 Å². The SMILES string of the molecule is CC=CCNc1ccc2c(N3CCC(OC(N)=O)C3)nccc2c1. The van der Waals surface area contributed by atoms with E-state index >= 15 is 0 Å². The van der Waals surface area contributed by atoms with Crippen molar-refractivity contribution < 1.29 is 9.53 Å². The highest BCUT2D eigenvalue weighted by Gasteiger charge is 2.26. The van der Waals surface area contributed by atoms with Gasteiger partial charge in [-0.2, -0.15) is 0 Å². The van der Waals surface area contributed by atoms with Crippen molar-refractivity contribution in [2.24, 2.45) is 5.73 Å². The molecule has 0 spiro atoms. The molecule has 0 saturated carbocycles. The Bertz CT molecular complexity index is 760. The number of benzene rings is 1. The largest absolute Gasteiger partial charge is 0.444 e. The van der Waals surface area contributed by atoms with Crippen molar-refractivity contribution >= 4 is 28.4 Å². The molecule has 2 heterocycles. The van der Waals surface area contributed by atoms with E-state index in [1.807, 2.05) is 25.3 Å². The summed E-state index contributed by atoms with van der Waals surface area (Å²) in [6, 6.07) is 8.27. The predicted molar refractivity (Wildman–Crippen MR) is 96.3 cm³/mol. The van der Waals surface area contributed by atoms with E-state index in [4.69, 9.17) is 10.5 Å². The number of aromatic nitrogens is 1. The summed E-state index contributed by atoms with van der Waals surface area (Å²) in [4.78, 5) is 17.6. The Morgan fingerprint density at radius 2 is 2.38 bits per heavy atom. The number of nitrogens with two attached hydrogens (primary N) is 1. The van der Waals surface area contributed by atoms with Crippen molar-refractivity contribution in [2.45, 2.75) is 19.4 Å². The first-order valence-corrected chi connectivity index (χ1v) is 8.12. The first-order chi connectivity index (χ1) is 11.7. The van der Waals surface area contributed by atoms with Crippen LogP contribution in [0.2, 0.25) is 0 Å². The third kappa shape index (κ3) is 3.59. The van der Waals surface area contributed by atoms with E-state index in [1.165, 1.54) is 0 Å². The Labute approximate surface area is 141 Å². The van der Waals surface area contributed by atoms with Crippen molar-refractivity contribution in [1.82, 2.24) is 4.98 Å². The van der Waals surface area contributed by atoms with E-state index in [-0.39, 0.29) is 6.10 Å². The van der Waals surface area contributed by atoms with E-state index in [1.54, 1.807) is 0 Å². The summed E-state index contributed by atoms with van der Waals surface area (Å²) in [7, 11) is 0. The molecule has 2 aromatic rings. The van der Waals surface area contributed by atoms with Crippen molar-refractivity contribution in [3.05, 3.63) is 42.6 Å². The summed E-state index contributed by atoms with van der Waals surface area (Å²) >= 11 is 0. The Morgan fingerprint density at radius 1 is 1.50 bits per heavy atom. The first kappa shape index (κ1) is 16.1. The van der Waals surface area contributed by atoms with E-state index < -0.39 is 6.09 Å². The summed E-state index contributed by atoms with van der Waals surface area (Å²) in [6.07, 6.45) is 5.80. The lowest BCUT2D eigenvalue weighted by Crippen LogP contribution is -2.27. The number of primary amides is 1. The van der Waals surface area contributed by atoms with E-state index in [0.29, 0.717) is 6.54 Å². The molecule has 1 aromatic heterocycles. The molecule has 6 nitrogen and oxygen atoms in total. The van der Waals surface area contributed by atoms with Crippen LogP contribution in [-0.2, 0) is 4.74 Å². The fraction of sp³-hybridized carbons (Fsp3) is 0.333. The summed E-state index contributed by atoms with van der Waals surface area (Å²) < 4.78 is 5.10.